The molecule has 0 aromatic heterocycles. The lowest BCUT2D eigenvalue weighted by atomic mass is 10.3. The second-order valence-corrected chi connectivity index (χ2v) is 3.00. The van der Waals surface area contributed by atoms with Crippen LogP contribution in [0.3, 0.4) is 0 Å². The largest absolute Gasteiger partial charge is 0.481 e. The summed E-state index contributed by atoms with van der Waals surface area (Å²) < 4.78 is 9.83. The lowest BCUT2D eigenvalue weighted by molar-refractivity contribution is -0.144. The van der Waals surface area contributed by atoms with Crippen molar-refractivity contribution < 1.29 is 14.3 Å². The van der Waals surface area contributed by atoms with Crippen molar-refractivity contribution in [1.82, 2.24) is 0 Å². The molecule has 0 unspecified atom stereocenters. The van der Waals surface area contributed by atoms with E-state index >= 15 is 0 Å². The van der Waals surface area contributed by atoms with Crippen molar-refractivity contribution in [2.45, 2.75) is 20.3 Å². The quantitative estimate of drug-likeness (QED) is 0.446. The Morgan fingerprint density at radius 2 is 1.86 bits per heavy atom. The van der Waals surface area contributed by atoms with Crippen LogP contribution in [0.2, 0.25) is 0 Å². The average Bonchev–Trinajstić information content (AvgIpc) is 2.84. The number of carbonyl (C=O) groups is 1. The van der Waals surface area contributed by atoms with E-state index in [1.165, 1.54) is 0 Å². The van der Waals surface area contributed by atoms with Crippen molar-refractivity contribution in [3.8, 4) is 0 Å². The van der Waals surface area contributed by atoms with Crippen molar-refractivity contribution in [3.63, 3.8) is 0 Å². The molecule has 0 amide bonds. The number of halogens is 1. The number of carbonyl (C=O) groups excluding carboxylic acids is 1. The van der Waals surface area contributed by atoms with Gasteiger partial charge >= 0.3 is 5.97 Å². The molecular weight excluding hydrogens is 206 g/mol. The number of nitrogens with one attached hydrogen (secondary N) is 1. The molecule has 0 heterocycles. The van der Waals surface area contributed by atoms with Gasteiger partial charge in [-0.3, -0.25) is 10.2 Å². The summed E-state index contributed by atoms with van der Waals surface area (Å²) in [5.41, 5.74) is 0. The summed E-state index contributed by atoms with van der Waals surface area (Å²) in [6, 6.07) is 0. The molecule has 2 atom stereocenters. The number of esters is 1. The van der Waals surface area contributed by atoms with Crippen LogP contribution < -0.4 is 0 Å². The Bertz CT molecular complexity index is 198. The molecule has 5 heteroatoms. The predicted octanol–water partition coefficient (Wildman–Crippen LogP) is 1.62. The number of ether oxygens (including phenoxy) is 2. The lowest BCUT2D eigenvalue weighted by Crippen LogP contribution is -2.13. The van der Waals surface area contributed by atoms with E-state index in [1.807, 2.05) is 6.92 Å². The Kier molecular flexibility index (Phi) is 5.53. The fourth-order valence-corrected chi connectivity index (χ4v) is 1.26. The third-order valence-corrected chi connectivity index (χ3v) is 2.02. The van der Waals surface area contributed by atoms with Crippen molar-refractivity contribution in [2.75, 3.05) is 13.2 Å². The molecule has 0 aliphatic heterocycles. The molecule has 0 spiro atoms. The fraction of sp³-hybridized carbons (Fsp3) is 0.778. The Morgan fingerprint density at radius 3 is 2.36 bits per heavy atom. The molecule has 0 bridgehead atoms. The first kappa shape index (κ1) is 13.2. The van der Waals surface area contributed by atoms with Gasteiger partial charge in [-0.25, -0.2) is 0 Å². The monoisotopic (exact) mass is 221 g/mol. The molecule has 4 nitrogen and oxygen atoms in total. The van der Waals surface area contributed by atoms with Crippen molar-refractivity contribution in [1.29, 1.82) is 5.41 Å². The van der Waals surface area contributed by atoms with Crippen LogP contribution in [0.1, 0.15) is 20.3 Å². The van der Waals surface area contributed by atoms with Gasteiger partial charge in [0.2, 0.25) is 0 Å². The molecule has 14 heavy (non-hydrogen) atoms. The first-order valence-corrected chi connectivity index (χ1v) is 4.58. The zero-order valence-corrected chi connectivity index (χ0v) is 9.23. The van der Waals surface area contributed by atoms with E-state index in [9.17, 15) is 4.79 Å². The van der Waals surface area contributed by atoms with Crippen molar-refractivity contribution in [3.05, 3.63) is 0 Å². The van der Waals surface area contributed by atoms with Gasteiger partial charge in [-0.15, -0.1) is 12.4 Å². The maximum atomic E-state index is 11.1. The lowest BCUT2D eigenvalue weighted by Gasteiger charge is -2.03. The molecule has 1 rings (SSSR count). The highest BCUT2D eigenvalue weighted by atomic mass is 35.5. The molecule has 1 aliphatic carbocycles. The van der Waals surface area contributed by atoms with Gasteiger partial charge in [-0.05, 0) is 20.3 Å². The first-order valence-electron chi connectivity index (χ1n) is 4.58. The van der Waals surface area contributed by atoms with Crippen LogP contribution in [0.4, 0.5) is 0 Å². The molecule has 1 saturated carbocycles. The third-order valence-electron chi connectivity index (χ3n) is 2.02. The van der Waals surface area contributed by atoms with Crippen LogP contribution in [0.5, 0.6) is 0 Å². The summed E-state index contributed by atoms with van der Waals surface area (Å²) >= 11 is 0. The van der Waals surface area contributed by atoms with Crippen molar-refractivity contribution >= 4 is 24.3 Å². The number of hydrogen-bond donors (Lipinski definition) is 1. The molecule has 0 aromatic carbocycles. The van der Waals surface area contributed by atoms with Crippen LogP contribution in [0.25, 0.3) is 0 Å². The summed E-state index contributed by atoms with van der Waals surface area (Å²) in [7, 11) is 0. The Morgan fingerprint density at radius 1 is 1.29 bits per heavy atom. The highest BCUT2D eigenvalue weighted by Gasteiger charge is 2.48. The minimum atomic E-state index is -0.197. The van der Waals surface area contributed by atoms with E-state index in [1.54, 1.807) is 6.92 Å². The van der Waals surface area contributed by atoms with E-state index in [-0.39, 0.29) is 36.1 Å². The molecule has 0 radical (unpaired) electrons. The fourth-order valence-electron chi connectivity index (χ4n) is 1.26. The van der Waals surface area contributed by atoms with Gasteiger partial charge < -0.3 is 9.47 Å². The van der Waals surface area contributed by atoms with Crippen LogP contribution in [-0.2, 0) is 14.3 Å². The topological polar surface area (TPSA) is 59.4 Å². The molecule has 0 aromatic rings. The van der Waals surface area contributed by atoms with Gasteiger partial charge in [-0.1, -0.05) is 0 Å². The zero-order chi connectivity index (χ0) is 9.84. The normalized spacial score (nSPS) is 23.3. The molecule has 0 saturated heterocycles. The van der Waals surface area contributed by atoms with Gasteiger partial charge in [0.05, 0.1) is 19.1 Å². The van der Waals surface area contributed by atoms with Gasteiger partial charge in [-0.2, -0.15) is 0 Å². The maximum absolute atomic E-state index is 11.1. The second-order valence-electron chi connectivity index (χ2n) is 3.00. The summed E-state index contributed by atoms with van der Waals surface area (Å²) in [5, 5.41) is 7.43. The minimum Gasteiger partial charge on any atom is -0.481 e. The van der Waals surface area contributed by atoms with E-state index in [0.717, 1.165) is 0 Å². The van der Waals surface area contributed by atoms with Crippen LogP contribution in [-0.4, -0.2) is 25.1 Å². The average molecular weight is 222 g/mol. The minimum absolute atomic E-state index is 0. The number of rotatable bonds is 4. The summed E-state index contributed by atoms with van der Waals surface area (Å²) in [6.45, 7) is 4.51. The smallest absolute Gasteiger partial charge is 0.309 e. The van der Waals surface area contributed by atoms with E-state index in [2.05, 4.69) is 0 Å². The van der Waals surface area contributed by atoms with Crippen molar-refractivity contribution in [2.24, 2.45) is 11.8 Å². The van der Waals surface area contributed by atoms with E-state index in [0.29, 0.717) is 19.6 Å². The summed E-state index contributed by atoms with van der Waals surface area (Å²) in [4.78, 5) is 11.1. The van der Waals surface area contributed by atoms with Crippen LogP contribution in [0, 0.1) is 17.2 Å². The predicted molar refractivity (Wildman–Crippen MR) is 54.8 cm³/mol. The molecule has 1 fully saturated rings. The van der Waals surface area contributed by atoms with E-state index < -0.39 is 0 Å². The highest BCUT2D eigenvalue weighted by Crippen LogP contribution is 2.40. The standard InChI is InChI=1S/C9H15NO3.ClH/c1-3-12-8(10)6-5-7(6)9(11)13-4-2;/h6-7,10H,3-5H2,1-2H3;1H/t6-,7+;/m1./s1. The Hall–Kier alpha value is -0.770. The van der Waals surface area contributed by atoms with Gasteiger partial charge in [0, 0.05) is 5.92 Å². The molecular formula is C9H16ClNO3. The van der Waals surface area contributed by atoms with Crippen LogP contribution >= 0.6 is 12.4 Å². The summed E-state index contributed by atoms with van der Waals surface area (Å²) in [6.07, 6.45) is 0.706. The Balaban J connectivity index is 0.00000169. The zero-order valence-electron chi connectivity index (χ0n) is 8.41. The SMILES string of the molecule is CCOC(=N)[C@@H]1C[C@@H]1C(=O)OCC.Cl. The van der Waals surface area contributed by atoms with Gasteiger partial charge in [0.1, 0.15) is 0 Å². The maximum Gasteiger partial charge on any atom is 0.309 e. The highest BCUT2D eigenvalue weighted by molar-refractivity contribution is 5.88. The van der Waals surface area contributed by atoms with Crippen LogP contribution in [0.15, 0.2) is 0 Å². The van der Waals surface area contributed by atoms with E-state index in [4.69, 9.17) is 14.9 Å². The number of hydrogen-bond acceptors (Lipinski definition) is 4. The Labute approximate surface area is 89.9 Å². The van der Waals surface area contributed by atoms with Gasteiger partial charge in [0.25, 0.3) is 0 Å². The molecule has 1 aliphatic rings. The summed E-state index contributed by atoms with van der Waals surface area (Å²) in [5.74, 6) is -0.129. The van der Waals surface area contributed by atoms with Gasteiger partial charge in [0.15, 0.2) is 5.90 Å². The second kappa shape index (κ2) is 5.86. The first-order chi connectivity index (χ1) is 6.20. The third kappa shape index (κ3) is 3.18. The molecule has 1 N–H and O–H groups in total. The molecule has 82 valence electrons.